The van der Waals surface area contributed by atoms with E-state index in [0.717, 1.165) is 22.4 Å². The van der Waals surface area contributed by atoms with E-state index in [1.807, 2.05) is 47.6 Å². The molecule has 1 fully saturated rings. The van der Waals surface area contributed by atoms with Gasteiger partial charge < -0.3 is 25.0 Å². The van der Waals surface area contributed by atoms with Gasteiger partial charge in [-0.1, -0.05) is 12.1 Å². The van der Waals surface area contributed by atoms with Crippen LogP contribution in [-0.2, 0) is 4.74 Å². The van der Waals surface area contributed by atoms with Crippen molar-refractivity contribution in [3.8, 4) is 5.75 Å². The summed E-state index contributed by atoms with van der Waals surface area (Å²) in [6.07, 6.45) is 1.10. The molecule has 1 heterocycles. The number of nitrogens with one attached hydrogen (secondary N) is 2. The molecule has 1 saturated heterocycles. The van der Waals surface area contributed by atoms with Crippen molar-refractivity contribution in [3.63, 3.8) is 0 Å². The van der Waals surface area contributed by atoms with Gasteiger partial charge in [0.25, 0.3) is 0 Å². The Balaban J connectivity index is 1.72. The maximum absolute atomic E-state index is 12.1. The van der Waals surface area contributed by atoms with Crippen LogP contribution in [0.5, 0.6) is 5.75 Å². The van der Waals surface area contributed by atoms with Crippen molar-refractivity contribution < 1.29 is 19.1 Å². The number of likely N-dealkylation sites (tertiary alicyclic amines) is 1. The average molecular weight is 392 g/mol. The number of ether oxygens (including phenoxy) is 2. The second-order valence-corrected chi connectivity index (χ2v) is 8.33. The van der Waals surface area contributed by atoms with Crippen molar-refractivity contribution in [2.75, 3.05) is 19.8 Å². The van der Waals surface area contributed by atoms with Gasteiger partial charge in [0.05, 0.1) is 0 Å². The smallest absolute Gasteiger partial charge is 0.410 e. The molecule has 0 radical (unpaired) electrons. The second-order valence-electron chi connectivity index (χ2n) is 8.33. The number of piperidine rings is 1. The third kappa shape index (κ3) is 6.32. The molecule has 1 aliphatic heterocycles. The zero-order valence-corrected chi connectivity index (χ0v) is 17.8. The maximum atomic E-state index is 12.1. The van der Waals surface area contributed by atoms with Crippen LogP contribution in [0.2, 0.25) is 0 Å². The van der Waals surface area contributed by atoms with Crippen LogP contribution in [0.3, 0.4) is 0 Å². The molecule has 1 aliphatic rings. The number of hydrogen-bond acceptors (Lipinski definition) is 4. The molecule has 7 heteroatoms. The van der Waals surface area contributed by atoms with Gasteiger partial charge in [-0.2, -0.15) is 0 Å². The largest absolute Gasteiger partial charge is 0.473 e. The number of aryl methyl sites for hydroxylation is 2. The van der Waals surface area contributed by atoms with Crippen LogP contribution in [0, 0.1) is 20.8 Å². The van der Waals surface area contributed by atoms with E-state index in [9.17, 15) is 9.59 Å². The van der Waals surface area contributed by atoms with Crippen molar-refractivity contribution in [1.82, 2.24) is 15.5 Å². The highest BCUT2D eigenvalue weighted by atomic mass is 16.6. The summed E-state index contributed by atoms with van der Waals surface area (Å²) in [6, 6.07) is 3.83. The monoisotopic (exact) mass is 391 g/mol. The Morgan fingerprint density at radius 1 is 1.11 bits per heavy atom. The number of rotatable bonds is 4. The summed E-state index contributed by atoms with van der Waals surface area (Å²) in [4.78, 5) is 25.9. The molecule has 156 valence electrons. The van der Waals surface area contributed by atoms with E-state index in [1.165, 1.54) is 0 Å². The predicted octanol–water partition coefficient (Wildman–Crippen LogP) is 3.65. The molecule has 2 rings (SSSR count). The highest BCUT2D eigenvalue weighted by Gasteiger charge is 2.27. The Kier molecular flexibility index (Phi) is 7.16. The summed E-state index contributed by atoms with van der Waals surface area (Å²) < 4.78 is 11.1. The summed E-state index contributed by atoms with van der Waals surface area (Å²) in [5.41, 5.74) is 2.78. The standard InChI is InChI=1S/C21H33N3O4/c1-14-7-8-15(2)18(16(14)3)27-13-22-19(25)23-17-9-11-24(12-10-17)20(26)28-21(4,5)6/h7-8,17H,9-13H2,1-6H3,(H2,22,23,25). The summed E-state index contributed by atoms with van der Waals surface area (Å²) in [5, 5.41) is 5.68. The lowest BCUT2D eigenvalue weighted by Crippen LogP contribution is -2.50. The van der Waals surface area contributed by atoms with Crippen LogP contribution in [0.15, 0.2) is 12.1 Å². The minimum Gasteiger partial charge on any atom is -0.473 e. The van der Waals surface area contributed by atoms with E-state index < -0.39 is 5.60 Å². The maximum Gasteiger partial charge on any atom is 0.410 e. The van der Waals surface area contributed by atoms with E-state index in [1.54, 1.807) is 4.90 Å². The molecule has 0 aliphatic carbocycles. The van der Waals surface area contributed by atoms with Crippen LogP contribution in [0.25, 0.3) is 0 Å². The molecule has 28 heavy (non-hydrogen) atoms. The Hall–Kier alpha value is -2.44. The molecule has 0 aromatic heterocycles. The van der Waals surface area contributed by atoms with Crippen LogP contribution < -0.4 is 15.4 Å². The number of carbonyl (C=O) groups is 2. The Morgan fingerprint density at radius 3 is 2.32 bits per heavy atom. The number of urea groups is 1. The Bertz CT molecular complexity index is 704. The lowest BCUT2D eigenvalue weighted by molar-refractivity contribution is 0.0201. The number of nitrogens with zero attached hydrogens (tertiary/aromatic N) is 1. The second kappa shape index (κ2) is 9.17. The molecule has 2 N–H and O–H groups in total. The van der Waals surface area contributed by atoms with Crippen LogP contribution in [-0.4, -0.2) is 48.5 Å². The zero-order chi connectivity index (χ0) is 20.9. The van der Waals surface area contributed by atoms with Gasteiger partial charge in [0.1, 0.15) is 11.4 Å². The van der Waals surface area contributed by atoms with Crippen LogP contribution in [0.1, 0.15) is 50.3 Å². The number of amides is 3. The fourth-order valence-electron chi connectivity index (χ4n) is 3.09. The number of carbonyl (C=O) groups excluding carboxylic acids is 2. The third-order valence-electron chi connectivity index (χ3n) is 4.80. The Labute approximate surface area is 167 Å². The van der Waals surface area contributed by atoms with E-state index >= 15 is 0 Å². The van der Waals surface area contributed by atoms with Crippen molar-refractivity contribution in [3.05, 3.63) is 28.8 Å². The Morgan fingerprint density at radius 2 is 1.71 bits per heavy atom. The molecule has 0 unspecified atom stereocenters. The number of benzene rings is 1. The van der Waals surface area contributed by atoms with Gasteiger partial charge in [0, 0.05) is 19.1 Å². The average Bonchev–Trinajstić information content (AvgIpc) is 2.60. The van der Waals surface area contributed by atoms with Gasteiger partial charge in [0.2, 0.25) is 0 Å². The van der Waals surface area contributed by atoms with Gasteiger partial charge in [-0.25, -0.2) is 9.59 Å². The normalized spacial score (nSPS) is 15.1. The topological polar surface area (TPSA) is 79.9 Å². The van der Waals surface area contributed by atoms with Gasteiger partial charge in [0.15, 0.2) is 6.73 Å². The first-order chi connectivity index (χ1) is 13.1. The lowest BCUT2D eigenvalue weighted by atomic mass is 10.1. The summed E-state index contributed by atoms with van der Waals surface area (Å²) in [6.45, 7) is 12.8. The molecule has 0 bridgehead atoms. The van der Waals surface area contributed by atoms with Gasteiger partial charge in [-0.15, -0.1) is 0 Å². The molecule has 3 amide bonds. The molecule has 1 aromatic rings. The molecule has 0 atom stereocenters. The highest BCUT2D eigenvalue weighted by Crippen LogP contribution is 2.25. The first kappa shape index (κ1) is 21.9. The fourth-order valence-corrected chi connectivity index (χ4v) is 3.09. The summed E-state index contributed by atoms with van der Waals surface area (Å²) in [7, 11) is 0. The fraction of sp³-hybridized carbons (Fsp3) is 0.619. The summed E-state index contributed by atoms with van der Waals surface area (Å²) >= 11 is 0. The molecule has 0 saturated carbocycles. The minimum atomic E-state index is -0.500. The zero-order valence-electron chi connectivity index (χ0n) is 17.8. The highest BCUT2D eigenvalue weighted by molar-refractivity contribution is 5.74. The van der Waals surface area contributed by atoms with Gasteiger partial charge in [-0.3, -0.25) is 0 Å². The molecule has 1 aromatic carbocycles. The van der Waals surface area contributed by atoms with Gasteiger partial charge >= 0.3 is 12.1 Å². The van der Waals surface area contributed by atoms with E-state index in [0.29, 0.717) is 25.9 Å². The SMILES string of the molecule is Cc1ccc(C)c(OCNC(=O)NC2CCN(C(=O)OC(C)(C)C)CC2)c1C. The van der Waals surface area contributed by atoms with Gasteiger partial charge in [-0.05, 0) is 71.1 Å². The van der Waals surface area contributed by atoms with E-state index in [2.05, 4.69) is 16.7 Å². The van der Waals surface area contributed by atoms with E-state index in [-0.39, 0.29) is 24.9 Å². The van der Waals surface area contributed by atoms with Crippen molar-refractivity contribution in [1.29, 1.82) is 0 Å². The minimum absolute atomic E-state index is 0.0288. The third-order valence-corrected chi connectivity index (χ3v) is 4.80. The lowest BCUT2D eigenvalue weighted by Gasteiger charge is -2.33. The van der Waals surface area contributed by atoms with Crippen LogP contribution >= 0.6 is 0 Å². The first-order valence-corrected chi connectivity index (χ1v) is 9.78. The molecule has 7 nitrogen and oxygen atoms in total. The van der Waals surface area contributed by atoms with E-state index in [4.69, 9.17) is 9.47 Å². The first-order valence-electron chi connectivity index (χ1n) is 9.78. The van der Waals surface area contributed by atoms with Crippen molar-refractivity contribution in [2.45, 2.75) is 66.0 Å². The molecule has 0 spiro atoms. The molecular weight excluding hydrogens is 358 g/mol. The quantitative estimate of drug-likeness (QED) is 0.768. The molecular formula is C21H33N3O4. The van der Waals surface area contributed by atoms with Crippen molar-refractivity contribution >= 4 is 12.1 Å². The predicted molar refractivity (Wildman–Crippen MR) is 109 cm³/mol. The van der Waals surface area contributed by atoms with Crippen molar-refractivity contribution in [2.24, 2.45) is 0 Å². The van der Waals surface area contributed by atoms with Crippen LogP contribution in [0.4, 0.5) is 9.59 Å². The summed E-state index contributed by atoms with van der Waals surface area (Å²) in [5.74, 6) is 0.811. The number of hydrogen-bond donors (Lipinski definition) is 2.